The van der Waals surface area contributed by atoms with Crippen LogP contribution in [0, 0.1) is 6.92 Å². The van der Waals surface area contributed by atoms with Crippen LogP contribution in [-0.2, 0) is 24.6 Å². The summed E-state index contributed by atoms with van der Waals surface area (Å²) in [5.41, 5.74) is 1.31. The van der Waals surface area contributed by atoms with Gasteiger partial charge in [-0.25, -0.2) is 4.79 Å². The van der Waals surface area contributed by atoms with Crippen molar-refractivity contribution < 1.29 is 9.53 Å². The summed E-state index contributed by atoms with van der Waals surface area (Å²) in [6.07, 6.45) is 1.54. The summed E-state index contributed by atoms with van der Waals surface area (Å²) >= 11 is 1.51. The van der Waals surface area contributed by atoms with E-state index in [9.17, 15) is 4.79 Å². The van der Waals surface area contributed by atoms with Crippen LogP contribution >= 0.6 is 11.8 Å². The molecule has 2 rings (SSSR count). The molecule has 0 atom stereocenters. The Morgan fingerprint density at radius 3 is 2.75 bits per heavy atom. The van der Waals surface area contributed by atoms with E-state index in [0.29, 0.717) is 17.9 Å². The van der Waals surface area contributed by atoms with Crippen LogP contribution in [0.3, 0.4) is 0 Å². The van der Waals surface area contributed by atoms with E-state index < -0.39 is 0 Å². The Balaban J connectivity index is 2.15. The number of ether oxygens (including phenoxy) is 1. The molecule has 0 saturated heterocycles. The normalized spacial score (nSPS) is 10.8. The standard InChI is InChI=1S/C12H17N5O2S/c1-5-19-11(18)9-6-13-17(4)10(9)7-20-12-15-14-8(2)16(12)3/h6H,5,7H2,1-4H3. The molecule has 0 bridgehead atoms. The monoisotopic (exact) mass is 295 g/mol. The van der Waals surface area contributed by atoms with E-state index >= 15 is 0 Å². The number of esters is 1. The lowest BCUT2D eigenvalue weighted by atomic mass is 10.3. The Morgan fingerprint density at radius 1 is 1.40 bits per heavy atom. The van der Waals surface area contributed by atoms with Gasteiger partial charge in [-0.15, -0.1) is 10.2 Å². The topological polar surface area (TPSA) is 74.8 Å². The van der Waals surface area contributed by atoms with Crippen LogP contribution in [0.15, 0.2) is 11.4 Å². The second-order valence-electron chi connectivity index (χ2n) is 4.23. The molecule has 20 heavy (non-hydrogen) atoms. The third-order valence-corrected chi connectivity index (χ3v) is 3.98. The number of carbonyl (C=O) groups is 1. The lowest BCUT2D eigenvalue weighted by Crippen LogP contribution is -2.08. The van der Waals surface area contributed by atoms with Gasteiger partial charge in [-0.05, 0) is 13.8 Å². The highest BCUT2D eigenvalue weighted by Gasteiger charge is 2.18. The molecule has 2 aromatic heterocycles. The van der Waals surface area contributed by atoms with E-state index in [0.717, 1.165) is 16.7 Å². The van der Waals surface area contributed by atoms with Gasteiger partial charge in [0.2, 0.25) is 0 Å². The largest absolute Gasteiger partial charge is 0.462 e. The van der Waals surface area contributed by atoms with Crippen molar-refractivity contribution in [2.45, 2.75) is 24.8 Å². The van der Waals surface area contributed by atoms with Crippen molar-refractivity contribution in [1.82, 2.24) is 24.5 Å². The summed E-state index contributed by atoms with van der Waals surface area (Å²) in [5.74, 6) is 1.09. The Labute approximate surface area is 121 Å². The van der Waals surface area contributed by atoms with Crippen LogP contribution in [0.4, 0.5) is 0 Å². The molecule has 7 nitrogen and oxygen atoms in total. The Hall–Kier alpha value is -1.83. The highest BCUT2D eigenvalue weighted by molar-refractivity contribution is 7.98. The first-order valence-corrected chi connectivity index (χ1v) is 7.20. The molecule has 2 aromatic rings. The number of aromatic nitrogens is 5. The minimum absolute atomic E-state index is 0.342. The van der Waals surface area contributed by atoms with Crippen molar-refractivity contribution in [3.05, 3.63) is 23.3 Å². The van der Waals surface area contributed by atoms with Gasteiger partial charge in [-0.3, -0.25) is 4.68 Å². The zero-order chi connectivity index (χ0) is 14.7. The third kappa shape index (κ3) is 2.84. The van der Waals surface area contributed by atoms with E-state index in [1.807, 2.05) is 18.5 Å². The van der Waals surface area contributed by atoms with Crippen LogP contribution in [0.1, 0.15) is 28.8 Å². The van der Waals surface area contributed by atoms with Crippen molar-refractivity contribution in [2.24, 2.45) is 14.1 Å². The first-order valence-electron chi connectivity index (χ1n) is 6.21. The van der Waals surface area contributed by atoms with Gasteiger partial charge in [-0.2, -0.15) is 5.10 Å². The fourth-order valence-corrected chi connectivity index (χ4v) is 2.69. The van der Waals surface area contributed by atoms with Gasteiger partial charge in [0.1, 0.15) is 11.4 Å². The fourth-order valence-electron chi connectivity index (χ4n) is 1.66. The third-order valence-electron chi connectivity index (χ3n) is 2.95. The molecule has 0 saturated carbocycles. The molecule has 0 radical (unpaired) electrons. The van der Waals surface area contributed by atoms with Gasteiger partial charge in [0.25, 0.3) is 0 Å². The van der Waals surface area contributed by atoms with Crippen LogP contribution in [0.5, 0.6) is 0 Å². The average molecular weight is 295 g/mol. The van der Waals surface area contributed by atoms with Crippen molar-refractivity contribution in [2.75, 3.05) is 6.61 Å². The van der Waals surface area contributed by atoms with Crippen molar-refractivity contribution >= 4 is 17.7 Å². The Bertz CT molecular complexity index is 619. The minimum Gasteiger partial charge on any atom is -0.462 e. The molecule has 0 N–H and O–H groups in total. The van der Waals surface area contributed by atoms with Gasteiger partial charge in [0, 0.05) is 19.8 Å². The average Bonchev–Trinajstić information content (AvgIpc) is 2.93. The minimum atomic E-state index is -0.342. The summed E-state index contributed by atoms with van der Waals surface area (Å²) in [6.45, 7) is 4.03. The fraction of sp³-hybridized carbons (Fsp3) is 0.500. The molecule has 0 unspecified atom stereocenters. The second kappa shape index (κ2) is 6.08. The number of rotatable bonds is 5. The van der Waals surface area contributed by atoms with E-state index in [1.165, 1.54) is 18.0 Å². The molecular formula is C12H17N5O2S. The molecule has 0 aromatic carbocycles. The molecule has 108 valence electrons. The molecule has 0 aliphatic carbocycles. The highest BCUT2D eigenvalue weighted by Crippen LogP contribution is 2.23. The van der Waals surface area contributed by atoms with Crippen molar-refractivity contribution in [3.63, 3.8) is 0 Å². The predicted molar refractivity (Wildman–Crippen MR) is 74.5 cm³/mol. The molecule has 2 heterocycles. The maximum atomic E-state index is 11.8. The number of aryl methyl sites for hydroxylation is 2. The molecule has 0 amide bonds. The van der Waals surface area contributed by atoms with Gasteiger partial charge < -0.3 is 9.30 Å². The summed E-state index contributed by atoms with van der Waals surface area (Å²) in [7, 11) is 3.72. The summed E-state index contributed by atoms with van der Waals surface area (Å²) in [5, 5.41) is 13.0. The number of nitrogens with zero attached hydrogens (tertiary/aromatic N) is 5. The smallest absolute Gasteiger partial charge is 0.341 e. The van der Waals surface area contributed by atoms with Crippen LogP contribution in [0.2, 0.25) is 0 Å². The van der Waals surface area contributed by atoms with Crippen LogP contribution in [-0.4, -0.2) is 37.1 Å². The number of thioether (sulfide) groups is 1. The Kier molecular flexibility index (Phi) is 4.43. The zero-order valence-corrected chi connectivity index (χ0v) is 12.8. The maximum absolute atomic E-state index is 11.8. The lowest BCUT2D eigenvalue weighted by molar-refractivity contribution is 0.0525. The zero-order valence-electron chi connectivity index (χ0n) is 12.0. The van der Waals surface area contributed by atoms with Gasteiger partial charge in [0.05, 0.1) is 18.5 Å². The molecule has 0 fully saturated rings. The number of hydrogen-bond acceptors (Lipinski definition) is 6. The van der Waals surface area contributed by atoms with Crippen molar-refractivity contribution in [1.29, 1.82) is 0 Å². The van der Waals surface area contributed by atoms with Gasteiger partial charge in [0.15, 0.2) is 5.16 Å². The quantitative estimate of drug-likeness (QED) is 0.612. The maximum Gasteiger partial charge on any atom is 0.341 e. The molecule has 8 heteroatoms. The van der Waals surface area contributed by atoms with Crippen molar-refractivity contribution in [3.8, 4) is 0 Å². The van der Waals surface area contributed by atoms with Gasteiger partial charge in [-0.1, -0.05) is 11.8 Å². The van der Waals surface area contributed by atoms with E-state index in [1.54, 1.807) is 18.7 Å². The molecular weight excluding hydrogens is 278 g/mol. The van der Waals surface area contributed by atoms with E-state index in [4.69, 9.17) is 4.74 Å². The summed E-state index contributed by atoms with van der Waals surface area (Å²) in [6, 6.07) is 0. The lowest BCUT2D eigenvalue weighted by Gasteiger charge is -2.06. The number of carbonyl (C=O) groups excluding carboxylic acids is 1. The van der Waals surface area contributed by atoms with E-state index in [2.05, 4.69) is 15.3 Å². The summed E-state index contributed by atoms with van der Waals surface area (Å²) < 4.78 is 8.62. The first kappa shape index (κ1) is 14.6. The molecule has 0 aliphatic rings. The van der Waals surface area contributed by atoms with Crippen LogP contribution < -0.4 is 0 Å². The number of hydrogen-bond donors (Lipinski definition) is 0. The highest BCUT2D eigenvalue weighted by atomic mass is 32.2. The predicted octanol–water partition coefficient (Wildman–Crippen LogP) is 1.33. The van der Waals surface area contributed by atoms with E-state index in [-0.39, 0.29) is 5.97 Å². The first-order chi connectivity index (χ1) is 9.54. The van der Waals surface area contributed by atoms with Crippen LogP contribution in [0.25, 0.3) is 0 Å². The van der Waals surface area contributed by atoms with Gasteiger partial charge >= 0.3 is 5.97 Å². The second-order valence-corrected chi connectivity index (χ2v) is 5.17. The Morgan fingerprint density at radius 2 is 2.15 bits per heavy atom. The molecule has 0 aliphatic heterocycles. The molecule has 0 spiro atoms. The summed E-state index contributed by atoms with van der Waals surface area (Å²) in [4.78, 5) is 11.8. The SMILES string of the molecule is CCOC(=O)c1cnn(C)c1CSc1nnc(C)n1C.